The van der Waals surface area contributed by atoms with Crippen LogP contribution in [0.25, 0.3) is 11.3 Å². The first kappa shape index (κ1) is 13.3. The Morgan fingerprint density at radius 3 is 2.33 bits per heavy atom. The van der Waals surface area contributed by atoms with E-state index < -0.39 is 0 Å². The van der Waals surface area contributed by atoms with Gasteiger partial charge in [-0.3, -0.25) is 0 Å². The van der Waals surface area contributed by atoms with Crippen LogP contribution in [0.3, 0.4) is 0 Å². The number of benzene rings is 1. The van der Waals surface area contributed by atoms with Crippen LogP contribution in [0.15, 0.2) is 28.9 Å². The first-order valence-electron chi connectivity index (χ1n) is 6.06. The predicted molar refractivity (Wildman–Crippen MR) is 78.3 cm³/mol. The summed E-state index contributed by atoms with van der Waals surface area (Å²) in [6.45, 7) is 4.83. The maximum atomic E-state index is 5.67. The number of nitrogens with two attached hydrogens (primary N) is 1. The minimum absolute atomic E-state index is 0.444. The summed E-state index contributed by atoms with van der Waals surface area (Å²) in [6, 6.07) is 8.54. The van der Waals surface area contributed by atoms with E-state index in [2.05, 4.69) is 59.0 Å². The second-order valence-electron chi connectivity index (χ2n) is 4.71. The Balaban J connectivity index is 2.42. The summed E-state index contributed by atoms with van der Waals surface area (Å²) in [4.78, 5) is 4.56. The van der Waals surface area contributed by atoms with Crippen molar-refractivity contribution in [1.82, 2.24) is 9.55 Å². The highest BCUT2D eigenvalue weighted by Gasteiger charge is 2.13. The third-order valence-corrected chi connectivity index (χ3v) is 4.06. The lowest BCUT2D eigenvalue weighted by Crippen LogP contribution is -2.04. The van der Waals surface area contributed by atoms with Gasteiger partial charge in [0.15, 0.2) is 0 Å². The molecule has 18 heavy (non-hydrogen) atoms. The van der Waals surface area contributed by atoms with E-state index in [-0.39, 0.29) is 0 Å². The molecule has 0 unspecified atom stereocenters. The van der Waals surface area contributed by atoms with Crippen LogP contribution in [-0.4, -0.2) is 9.55 Å². The molecule has 1 aromatic carbocycles. The van der Waals surface area contributed by atoms with Gasteiger partial charge in [0.1, 0.15) is 16.1 Å². The van der Waals surface area contributed by atoms with Crippen molar-refractivity contribution in [1.29, 1.82) is 0 Å². The van der Waals surface area contributed by atoms with Gasteiger partial charge in [-0.2, -0.15) is 0 Å². The number of aromatic nitrogens is 2. The van der Waals surface area contributed by atoms with Crippen molar-refractivity contribution in [2.24, 2.45) is 12.8 Å². The molecule has 2 rings (SSSR count). The topological polar surface area (TPSA) is 43.8 Å². The third-order valence-electron chi connectivity index (χ3n) is 3.15. The van der Waals surface area contributed by atoms with Gasteiger partial charge < -0.3 is 10.3 Å². The predicted octanol–water partition coefficient (Wildman–Crippen LogP) is 3.43. The first-order chi connectivity index (χ1) is 8.54. The van der Waals surface area contributed by atoms with Crippen LogP contribution in [0.2, 0.25) is 0 Å². The summed E-state index contributed by atoms with van der Waals surface area (Å²) in [5.41, 5.74) is 9.07. The number of hydrogen-bond acceptors (Lipinski definition) is 2. The molecule has 96 valence electrons. The zero-order chi connectivity index (χ0) is 13.3. The van der Waals surface area contributed by atoms with Gasteiger partial charge in [0.2, 0.25) is 0 Å². The van der Waals surface area contributed by atoms with E-state index in [1.54, 1.807) is 0 Å². The molecule has 0 saturated carbocycles. The number of rotatable bonds is 3. The van der Waals surface area contributed by atoms with Crippen LogP contribution in [0, 0.1) is 0 Å². The highest BCUT2D eigenvalue weighted by atomic mass is 79.9. The lowest BCUT2D eigenvalue weighted by atomic mass is 10.0. The fraction of sp³-hybridized carbons (Fsp3) is 0.357. The molecule has 4 heteroatoms. The largest absolute Gasteiger partial charge is 0.324 e. The molecule has 0 amide bonds. The van der Waals surface area contributed by atoms with Gasteiger partial charge in [-0.15, -0.1) is 0 Å². The smallest absolute Gasteiger partial charge is 0.123 e. The van der Waals surface area contributed by atoms with E-state index in [9.17, 15) is 0 Å². The van der Waals surface area contributed by atoms with Crippen LogP contribution < -0.4 is 5.73 Å². The number of nitrogens with zero attached hydrogens (tertiary/aromatic N) is 2. The molecule has 0 aliphatic heterocycles. The summed E-state index contributed by atoms with van der Waals surface area (Å²) in [5, 5.41) is 0. The van der Waals surface area contributed by atoms with Crippen molar-refractivity contribution in [3.8, 4) is 11.3 Å². The van der Waals surface area contributed by atoms with Gasteiger partial charge in [0.05, 0.1) is 6.54 Å². The average molecular weight is 308 g/mol. The Bertz CT molecular complexity index is 541. The summed E-state index contributed by atoms with van der Waals surface area (Å²) in [6.07, 6.45) is 0. The van der Waals surface area contributed by atoms with Crippen molar-refractivity contribution < 1.29 is 0 Å². The lowest BCUT2D eigenvalue weighted by Gasteiger charge is -2.06. The average Bonchev–Trinajstić information content (AvgIpc) is 2.66. The second kappa shape index (κ2) is 5.24. The summed E-state index contributed by atoms with van der Waals surface area (Å²) in [7, 11) is 1.96. The van der Waals surface area contributed by atoms with Crippen molar-refractivity contribution in [3.05, 3.63) is 40.3 Å². The minimum atomic E-state index is 0.444. The summed E-state index contributed by atoms with van der Waals surface area (Å²) < 4.78 is 2.95. The molecular weight excluding hydrogens is 290 g/mol. The van der Waals surface area contributed by atoms with Gasteiger partial charge >= 0.3 is 0 Å². The third kappa shape index (κ3) is 2.35. The fourth-order valence-electron chi connectivity index (χ4n) is 1.91. The Morgan fingerprint density at radius 1 is 1.28 bits per heavy atom. The van der Waals surface area contributed by atoms with Crippen molar-refractivity contribution >= 4 is 15.9 Å². The quantitative estimate of drug-likeness (QED) is 0.944. The molecule has 0 aliphatic carbocycles. The molecule has 0 aliphatic rings. The Hall–Kier alpha value is -1.13. The molecule has 3 nitrogen and oxygen atoms in total. The maximum absolute atomic E-state index is 5.67. The van der Waals surface area contributed by atoms with Crippen LogP contribution in [0.4, 0.5) is 0 Å². The summed E-state index contributed by atoms with van der Waals surface area (Å²) in [5.74, 6) is 1.43. The van der Waals surface area contributed by atoms with Crippen LogP contribution in [0.1, 0.15) is 31.2 Å². The van der Waals surface area contributed by atoms with Gasteiger partial charge in [0, 0.05) is 12.6 Å². The molecule has 0 spiro atoms. The number of imidazole rings is 1. The molecule has 1 aromatic heterocycles. The van der Waals surface area contributed by atoms with Gasteiger partial charge in [-0.25, -0.2) is 4.98 Å². The molecule has 1 heterocycles. The minimum Gasteiger partial charge on any atom is -0.324 e. The van der Waals surface area contributed by atoms with Crippen LogP contribution >= 0.6 is 15.9 Å². The molecule has 2 aromatic rings. The van der Waals surface area contributed by atoms with E-state index in [1.807, 2.05) is 11.6 Å². The molecule has 0 radical (unpaired) electrons. The molecule has 2 N–H and O–H groups in total. The summed E-state index contributed by atoms with van der Waals surface area (Å²) >= 11 is 3.57. The zero-order valence-electron chi connectivity index (χ0n) is 10.9. The van der Waals surface area contributed by atoms with E-state index in [0.717, 1.165) is 21.7 Å². The van der Waals surface area contributed by atoms with Gasteiger partial charge in [-0.1, -0.05) is 38.1 Å². The first-order valence-corrected chi connectivity index (χ1v) is 6.85. The maximum Gasteiger partial charge on any atom is 0.123 e. The van der Waals surface area contributed by atoms with E-state index in [1.165, 1.54) is 5.56 Å². The van der Waals surface area contributed by atoms with E-state index >= 15 is 0 Å². The molecule has 0 atom stereocenters. The lowest BCUT2D eigenvalue weighted by molar-refractivity contribution is 0.781. The molecule has 0 saturated heterocycles. The number of halogens is 1. The number of hydrogen-bond donors (Lipinski definition) is 1. The Morgan fingerprint density at radius 2 is 1.89 bits per heavy atom. The van der Waals surface area contributed by atoms with Gasteiger partial charge in [0.25, 0.3) is 0 Å². The van der Waals surface area contributed by atoms with Crippen LogP contribution in [-0.2, 0) is 13.6 Å². The molecular formula is C14H18BrN3. The Labute approximate surface area is 116 Å². The highest BCUT2D eigenvalue weighted by molar-refractivity contribution is 9.10. The second-order valence-corrected chi connectivity index (χ2v) is 5.46. The molecule has 0 bridgehead atoms. The van der Waals surface area contributed by atoms with E-state index in [4.69, 9.17) is 5.73 Å². The van der Waals surface area contributed by atoms with Crippen molar-refractivity contribution in [3.63, 3.8) is 0 Å². The van der Waals surface area contributed by atoms with Gasteiger partial charge in [-0.05, 0) is 27.4 Å². The van der Waals surface area contributed by atoms with Crippen molar-refractivity contribution in [2.45, 2.75) is 26.3 Å². The van der Waals surface area contributed by atoms with Crippen LogP contribution in [0.5, 0.6) is 0 Å². The Kier molecular flexibility index (Phi) is 3.88. The van der Waals surface area contributed by atoms with Crippen molar-refractivity contribution in [2.75, 3.05) is 0 Å². The fourth-order valence-corrected chi connectivity index (χ4v) is 2.44. The molecule has 0 fully saturated rings. The standard InChI is InChI=1S/C14H18BrN3/c1-9(2)10-4-6-11(7-5-10)13-14(15)18(3)12(8-16)17-13/h4-7,9H,8,16H2,1-3H3. The van der Waals surface area contributed by atoms with E-state index in [0.29, 0.717) is 12.5 Å². The zero-order valence-corrected chi connectivity index (χ0v) is 12.5. The highest BCUT2D eigenvalue weighted by Crippen LogP contribution is 2.29. The monoisotopic (exact) mass is 307 g/mol. The normalized spacial score (nSPS) is 11.2. The SMILES string of the molecule is CC(C)c1ccc(-c2nc(CN)n(C)c2Br)cc1.